The maximum atomic E-state index is 12.5. The minimum atomic E-state index is -3.86. The van der Waals surface area contributed by atoms with Crippen molar-refractivity contribution in [2.75, 3.05) is 37.2 Å². The first-order valence-corrected chi connectivity index (χ1v) is 12.7. The van der Waals surface area contributed by atoms with Crippen LogP contribution in [0, 0.1) is 0 Å². The van der Waals surface area contributed by atoms with Gasteiger partial charge < -0.3 is 14.8 Å². The summed E-state index contributed by atoms with van der Waals surface area (Å²) in [6, 6.07) is 14.1. The van der Waals surface area contributed by atoms with Crippen LogP contribution in [0.2, 0.25) is 0 Å². The van der Waals surface area contributed by atoms with E-state index in [1.807, 2.05) is 52.0 Å². The van der Waals surface area contributed by atoms with E-state index in [4.69, 9.17) is 9.47 Å². The van der Waals surface area contributed by atoms with E-state index in [0.717, 1.165) is 24.4 Å². The molecule has 0 radical (unpaired) electrons. The fraction of sp³-hybridized carbons (Fsp3) is 0.458. The van der Waals surface area contributed by atoms with Crippen LogP contribution in [0.3, 0.4) is 0 Å². The second kappa shape index (κ2) is 12.5. The number of nitrogens with zero attached hydrogens (tertiary/aromatic N) is 1. The maximum Gasteiger partial charge on any atom is 0.241 e. The monoisotopic (exact) mass is 477 g/mol. The van der Waals surface area contributed by atoms with Crippen molar-refractivity contribution in [3.05, 3.63) is 54.1 Å². The molecule has 1 amide bonds. The number of rotatable bonds is 13. The zero-order valence-electron chi connectivity index (χ0n) is 20.0. The molecule has 0 spiro atoms. The van der Waals surface area contributed by atoms with Crippen LogP contribution in [0.15, 0.2) is 48.5 Å². The van der Waals surface area contributed by atoms with Gasteiger partial charge in [-0.05, 0) is 68.9 Å². The van der Waals surface area contributed by atoms with Gasteiger partial charge in [-0.1, -0.05) is 26.0 Å². The van der Waals surface area contributed by atoms with E-state index in [0.29, 0.717) is 11.4 Å². The number of amides is 1. The normalized spacial score (nSPS) is 12.5. The third-order valence-corrected chi connectivity index (χ3v) is 6.23. The van der Waals surface area contributed by atoms with E-state index < -0.39 is 21.7 Å². The van der Waals surface area contributed by atoms with E-state index in [2.05, 4.69) is 14.9 Å². The molecule has 182 valence electrons. The lowest BCUT2D eigenvalue weighted by Gasteiger charge is -2.30. The Morgan fingerprint density at radius 3 is 2.27 bits per heavy atom. The van der Waals surface area contributed by atoms with Gasteiger partial charge in [0.05, 0.1) is 19.3 Å². The van der Waals surface area contributed by atoms with Gasteiger partial charge in [0.2, 0.25) is 15.9 Å². The smallest absolute Gasteiger partial charge is 0.241 e. The van der Waals surface area contributed by atoms with Crippen LogP contribution in [0.1, 0.15) is 39.3 Å². The maximum absolute atomic E-state index is 12.5. The highest BCUT2D eigenvalue weighted by molar-refractivity contribution is 7.93. The number of likely N-dealkylation sites (N-methyl/N-ethyl adjacent to an activating group) is 1. The molecule has 0 aliphatic carbocycles. The SMILES string of the molecule is CCN(CC)C(CNC(=O)CS(=O)(=O)Nc1ccc(OC(C)C)cc1)c1cccc(OC)c1. The lowest BCUT2D eigenvalue weighted by Crippen LogP contribution is -2.40. The molecule has 2 rings (SSSR count). The van der Waals surface area contributed by atoms with E-state index >= 15 is 0 Å². The van der Waals surface area contributed by atoms with Crippen LogP contribution in [-0.4, -0.2) is 57.8 Å². The quantitative estimate of drug-likeness (QED) is 0.459. The van der Waals surface area contributed by atoms with Crippen molar-refractivity contribution in [2.45, 2.75) is 39.8 Å². The number of carbonyl (C=O) groups excluding carboxylic acids is 1. The Balaban J connectivity index is 2.01. The standard InChI is InChI=1S/C24H35N3O5S/c1-6-27(7-2)23(19-9-8-10-22(15-19)31-5)16-25-24(28)17-33(29,30)26-20-11-13-21(14-12-20)32-18(3)4/h8-15,18,23,26H,6-7,16-17H2,1-5H3,(H,25,28). The summed E-state index contributed by atoms with van der Waals surface area (Å²) in [7, 11) is -2.25. The molecule has 2 N–H and O–H groups in total. The van der Waals surface area contributed by atoms with Crippen molar-refractivity contribution in [3.63, 3.8) is 0 Å². The van der Waals surface area contributed by atoms with Crippen LogP contribution in [0.25, 0.3) is 0 Å². The van der Waals surface area contributed by atoms with Gasteiger partial charge in [-0.25, -0.2) is 8.42 Å². The van der Waals surface area contributed by atoms with Gasteiger partial charge in [-0.2, -0.15) is 0 Å². The molecular weight excluding hydrogens is 442 g/mol. The molecule has 0 saturated carbocycles. The van der Waals surface area contributed by atoms with E-state index in [9.17, 15) is 13.2 Å². The first-order valence-electron chi connectivity index (χ1n) is 11.1. The Bertz CT molecular complexity index is 989. The molecule has 0 aromatic heterocycles. The Morgan fingerprint density at radius 2 is 1.70 bits per heavy atom. The highest BCUT2D eigenvalue weighted by atomic mass is 32.2. The highest BCUT2D eigenvalue weighted by Gasteiger charge is 2.22. The van der Waals surface area contributed by atoms with Crippen molar-refractivity contribution < 1.29 is 22.7 Å². The Labute approximate surface area is 197 Å². The summed E-state index contributed by atoms with van der Waals surface area (Å²) in [5, 5.41) is 2.78. The summed E-state index contributed by atoms with van der Waals surface area (Å²) < 4.78 is 38.3. The molecule has 33 heavy (non-hydrogen) atoms. The largest absolute Gasteiger partial charge is 0.497 e. The first-order chi connectivity index (χ1) is 15.7. The van der Waals surface area contributed by atoms with Crippen molar-refractivity contribution in [1.82, 2.24) is 10.2 Å². The van der Waals surface area contributed by atoms with E-state index in [-0.39, 0.29) is 18.7 Å². The Hall–Kier alpha value is -2.78. The minimum Gasteiger partial charge on any atom is -0.497 e. The fourth-order valence-electron chi connectivity index (χ4n) is 3.49. The average molecular weight is 478 g/mol. The number of ether oxygens (including phenoxy) is 2. The third-order valence-electron chi connectivity index (χ3n) is 5.04. The summed E-state index contributed by atoms with van der Waals surface area (Å²) in [6.07, 6.45) is 0.0216. The Morgan fingerprint density at radius 1 is 1.03 bits per heavy atom. The molecule has 9 heteroatoms. The van der Waals surface area contributed by atoms with Crippen molar-refractivity contribution in [1.29, 1.82) is 0 Å². The number of sulfonamides is 1. The average Bonchev–Trinajstić information content (AvgIpc) is 2.77. The second-order valence-corrected chi connectivity index (χ2v) is 9.59. The van der Waals surface area contributed by atoms with Gasteiger partial charge in [0.25, 0.3) is 0 Å². The van der Waals surface area contributed by atoms with Crippen LogP contribution in [-0.2, 0) is 14.8 Å². The molecule has 0 fully saturated rings. The zero-order valence-corrected chi connectivity index (χ0v) is 20.8. The van der Waals surface area contributed by atoms with E-state index in [1.165, 1.54) is 0 Å². The highest BCUT2D eigenvalue weighted by Crippen LogP contribution is 2.24. The van der Waals surface area contributed by atoms with Crippen molar-refractivity contribution >= 4 is 21.6 Å². The molecule has 2 aromatic rings. The van der Waals surface area contributed by atoms with Crippen LogP contribution in [0.4, 0.5) is 5.69 Å². The summed E-state index contributed by atoms with van der Waals surface area (Å²) in [6.45, 7) is 9.76. The molecule has 0 saturated heterocycles. The lowest BCUT2D eigenvalue weighted by molar-refractivity contribution is -0.118. The van der Waals surface area contributed by atoms with Gasteiger partial charge in [-0.3, -0.25) is 14.4 Å². The molecule has 0 heterocycles. The van der Waals surface area contributed by atoms with E-state index in [1.54, 1.807) is 31.4 Å². The Kier molecular flexibility index (Phi) is 9.99. The van der Waals surface area contributed by atoms with Gasteiger partial charge in [-0.15, -0.1) is 0 Å². The summed E-state index contributed by atoms with van der Waals surface area (Å²) in [5.74, 6) is 0.140. The number of hydrogen-bond donors (Lipinski definition) is 2. The first kappa shape index (κ1) is 26.5. The van der Waals surface area contributed by atoms with Crippen molar-refractivity contribution in [2.24, 2.45) is 0 Å². The van der Waals surface area contributed by atoms with Gasteiger partial charge in [0.1, 0.15) is 17.3 Å². The lowest BCUT2D eigenvalue weighted by atomic mass is 10.0. The predicted octanol–water partition coefficient (Wildman–Crippen LogP) is 3.42. The molecular formula is C24H35N3O5S. The van der Waals surface area contributed by atoms with Crippen molar-refractivity contribution in [3.8, 4) is 11.5 Å². The minimum absolute atomic E-state index is 0.0216. The zero-order chi connectivity index (χ0) is 24.4. The molecule has 0 aliphatic rings. The molecule has 1 atom stereocenters. The number of nitrogens with one attached hydrogen (secondary N) is 2. The fourth-order valence-corrected chi connectivity index (χ4v) is 4.51. The van der Waals surface area contributed by atoms with Crippen LogP contribution in [0.5, 0.6) is 11.5 Å². The number of anilines is 1. The molecule has 1 unspecified atom stereocenters. The topological polar surface area (TPSA) is 97.0 Å². The van der Waals surface area contributed by atoms with Crippen LogP contribution < -0.4 is 19.5 Å². The molecule has 8 nitrogen and oxygen atoms in total. The molecule has 0 aliphatic heterocycles. The second-order valence-electron chi connectivity index (χ2n) is 7.87. The van der Waals surface area contributed by atoms with Gasteiger partial charge >= 0.3 is 0 Å². The number of benzene rings is 2. The summed E-state index contributed by atoms with van der Waals surface area (Å²) in [5.41, 5.74) is 1.36. The predicted molar refractivity (Wildman–Crippen MR) is 131 cm³/mol. The van der Waals surface area contributed by atoms with Gasteiger partial charge in [0, 0.05) is 12.2 Å². The third kappa shape index (κ3) is 8.58. The van der Waals surface area contributed by atoms with Gasteiger partial charge in [0.15, 0.2) is 0 Å². The molecule has 2 aromatic carbocycles. The number of methoxy groups -OCH3 is 1. The number of carbonyl (C=O) groups is 1. The summed E-state index contributed by atoms with van der Waals surface area (Å²) in [4.78, 5) is 14.7. The summed E-state index contributed by atoms with van der Waals surface area (Å²) >= 11 is 0. The number of hydrogen-bond acceptors (Lipinski definition) is 6. The van der Waals surface area contributed by atoms with Crippen LogP contribution >= 0.6 is 0 Å². The molecule has 0 bridgehead atoms.